The average molecular weight is 292 g/mol. The molecule has 70 valence electrons. The van der Waals surface area contributed by atoms with E-state index < -0.39 is 0 Å². The maximum absolute atomic E-state index is 12.7. The summed E-state index contributed by atoms with van der Waals surface area (Å²) in [6.07, 6.45) is 3.72. The smallest absolute Gasteiger partial charge is 0.142 e. The van der Waals surface area contributed by atoms with Gasteiger partial charge >= 0.3 is 0 Å². The number of nitrogens with zero attached hydrogens (tertiary/aromatic N) is 2. The second kappa shape index (κ2) is 3.77. The average Bonchev–Trinajstić information content (AvgIpc) is 2.56. The van der Waals surface area contributed by atoms with Crippen LogP contribution in [0.1, 0.15) is 12.8 Å². The number of hydrogen-bond donors (Lipinski definition) is 0. The molecule has 0 saturated carbocycles. The van der Waals surface area contributed by atoms with Crippen LogP contribution in [0.5, 0.6) is 0 Å². The lowest BCUT2D eigenvalue weighted by molar-refractivity contribution is 0.619. The molecule has 0 atom stereocenters. The minimum absolute atomic E-state index is 0.257. The molecule has 4 heteroatoms. The van der Waals surface area contributed by atoms with Crippen molar-refractivity contribution >= 4 is 28.4 Å². The van der Waals surface area contributed by atoms with Gasteiger partial charge in [-0.3, -0.25) is 0 Å². The van der Waals surface area contributed by atoms with Crippen molar-refractivity contribution in [3.8, 4) is 0 Å². The summed E-state index contributed by atoms with van der Waals surface area (Å²) in [6, 6.07) is 1.53. The van der Waals surface area contributed by atoms with Gasteiger partial charge in [0.1, 0.15) is 11.6 Å². The minimum Gasteiger partial charge on any atom is -0.356 e. The van der Waals surface area contributed by atoms with Gasteiger partial charge in [-0.15, -0.1) is 0 Å². The van der Waals surface area contributed by atoms with Gasteiger partial charge in [-0.1, -0.05) is 0 Å². The summed E-state index contributed by atoms with van der Waals surface area (Å²) >= 11 is 2.13. The SMILES string of the molecule is Fc1cnc(N2CCCC2)c(I)c1. The van der Waals surface area contributed by atoms with Crippen LogP contribution in [-0.2, 0) is 0 Å². The molecule has 0 amide bonds. The van der Waals surface area contributed by atoms with Gasteiger partial charge in [-0.05, 0) is 41.5 Å². The van der Waals surface area contributed by atoms with Gasteiger partial charge in [-0.25, -0.2) is 9.37 Å². The number of hydrogen-bond acceptors (Lipinski definition) is 2. The molecule has 0 aliphatic carbocycles. The molecule has 1 fully saturated rings. The molecule has 0 N–H and O–H groups in total. The molecule has 1 aromatic heterocycles. The monoisotopic (exact) mass is 292 g/mol. The molecule has 1 saturated heterocycles. The van der Waals surface area contributed by atoms with Crippen molar-refractivity contribution in [2.45, 2.75) is 12.8 Å². The minimum atomic E-state index is -0.257. The van der Waals surface area contributed by atoms with Gasteiger partial charge in [0.2, 0.25) is 0 Å². The summed E-state index contributed by atoms with van der Waals surface area (Å²) in [4.78, 5) is 6.31. The van der Waals surface area contributed by atoms with Gasteiger partial charge in [0.15, 0.2) is 0 Å². The predicted molar refractivity (Wildman–Crippen MR) is 58.4 cm³/mol. The van der Waals surface area contributed by atoms with Crippen LogP contribution in [0.2, 0.25) is 0 Å². The lowest BCUT2D eigenvalue weighted by atomic mass is 10.4. The van der Waals surface area contributed by atoms with Crippen LogP contribution in [0.15, 0.2) is 12.3 Å². The number of halogens is 2. The van der Waals surface area contributed by atoms with Crippen molar-refractivity contribution < 1.29 is 4.39 Å². The highest BCUT2D eigenvalue weighted by Gasteiger charge is 2.16. The Kier molecular flexibility index (Phi) is 2.66. The first-order valence-corrected chi connectivity index (χ1v) is 5.41. The molecule has 0 aromatic carbocycles. The Morgan fingerprint density at radius 2 is 2.08 bits per heavy atom. The van der Waals surface area contributed by atoms with Crippen LogP contribution in [0.25, 0.3) is 0 Å². The van der Waals surface area contributed by atoms with E-state index in [-0.39, 0.29) is 5.82 Å². The molecule has 2 nitrogen and oxygen atoms in total. The lowest BCUT2D eigenvalue weighted by Gasteiger charge is -2.17. The predicted octanol–water partition coefficient (Wildman–Crippen LogP) is 2.43. The Bertz CT molecular complexity index is 310. The standard InChI is InChI=1S/C9H10FIN2/c10-7-5-8(11)9(12-6-7)13-3-1-2-4-13/h5-6H,1-4H2. The van der Waals surface area contributed by atoms with E-state index in [0.717, 1.165) is 22.5 Å². The van der Waals surface area contributed by atoms with Crippen molar-refractivity contribution in [2.24, 2.45) is 0 Å². The van der Waals surface area contributed by atoms with Gasteiger partial charge in [0, 0.05) is 13.1 Å². The Morgan fingerprint density at radius 1 is 1.38 bits per heavy atom. The molecular weight excluding hydrogens is 282 g/mol. The Morgan fingerprint density at radius 3 is 2.69 bits per heavy atom. The van der Waals surface area contributed by atoms with Crippen molar-refractivity contribution in [1.29, 1.82) is 0 Å². The van der Waals surface area contributed by atoms with Crippen molar-refractivity contribution in [3.63, 3.8) is 0 Å². The highest BCUT2D eigenvalue weighted by atomic mass is 127. The summed E-state index contributed by atoms with van der Waals surface area (Å²) in [7, 11) is 0. The molecule has 13 heavy (non-hydrogen) atoms. The third-order valence-corrected chi connectivity index (χ3v) is 2.99. The number of pyridine rings is 1. The highest BCUT2D eigenvalue weighted by molar-refractivity contribution is 14.1. The summed E-state index contributed by atoms with van der Waals surface area (Å²) < 4.78 is 13.7. The van der Waals surface area contributed by atoms with Crippen LogP contribution in [0.4, 0.5) is 10.2 Å². The fourth-order valence-electron chi connectivity index (χ4n) is 1.57. The maximum atomic E-state index is 12.7. The van der Waals surface area contributed by atoms with Gasteiger partial charge < -0.3 is 4.90 Å². The zero-order valence-electron chi connectivity index (χ0n) is 7.13. The van der Waals surface area contributed by atoms with Crippen LogP contribution in [0.3, 0.4) is 0 Å². The van der Waals surface area contributed by atoms with Gasteiger partial charge in [-0.2, -0.15) is 0 Å². The molecule has 0 bridgehead atoms. The molecule has 1 aliphatic rings. The van der Waals surface area contributed by atoms with E-state index in [4.69, 9.17) is 0 Å². The third-order valence-electron chi connectivity index (χ3n) is 2.19. The van der Waals surface area contributed by atoms with E-state index >= 15 is 0 Å². The first kappa shape index (κ1) is 9.18. The fraction of sp³-hybridized carbons (Fsp3) is 0.444. The Labute approximate surface area is 90.3 Å². The van der Waals surface area contributed by atoms with E-state index in [1.54, 1.807) is 0 Å². The first-order valence-electron chi connectivity index (χ1n) is 4.33. The second-order valence-corrected chi connectivity index (χ2v) is 4.32. The van der Waals surface area contributed by atoms with Crippen LogP contribution < -0.4 is 4.90 Å². The lowest BCUT2D eigenvalue weighted by Crippen LogP contribution is -2.20. The second-order valence-electron chi connectivity index (χ2n) is 3.15. The molecule has 2 heterocycles. The molecule has 0 spiro atoms. The zero-order valence-corrected chi connectivity index (χ0v) is 9.29. The van der Waals surface area contributed by atoms with Crippen molar-refractivity contribution in [1.82, 2.24) is 4.98 Å². The van der Waals surface area contributed by atoms with E-state index in [2.05, 4.69) is 32.5 Å². The van der Waals surface area contributed by atoms with E-state index in [1.165, 1.54) is 25.1 Å². The molecule has 1 aromatic rings. The maximum Gasteiger partial charge on any atom is 0.142 e. The fourth-order valence-corrected chi connectivity index (χ4v) is 2.35. The third kappa shape index (κ3) is 1.92. The normalized spacial score (nSPS) is 16.6. The van der Waals surface area contributed by atoms with Crippen LogP contribution in [0, 0.1) is 9.39 Å². The molecule has 2 rings (SSSR count). The largest absolute Gasteiger partial charge is 0.356 e. The summed E-state index contributed by atoms with van der Waals surface area (Å²) in [5, 5.41) is 0. The molecule has 0 radical (unpaired) electrons. The van der Waals surface area contributed by atoms with Crippen LogP contribution in [-0.4, -0.2) is 18.1 Å². The van der Waals surface area contributed by atoms with E-state index in [0.29, 0.717) is 0 Å². The quantitative estimate of drug-likeness (QED) is 0.739. The molecule has 0 unspecified atom stereocenters. The molecular formula is C9H10FIN2. The Hall–Kier alpha value is -0.390. The highest BCUT2D eigenvalue weighted by Crippen LogP contribution is 2.23. The number of anilines is 1. The number of rotatable bonds is 1. The van der Waals surface area contributed by atoms with Gasteiger partial charge in [0.25, 0.3) is 0 Å². The van der Waals surface area contributed by atoms with Crippen molar-refractivity contribution in [3.05, 3.63) is 21.7 Å². The van der Waals surface area contributed by atoms with E-state index in [1.807, 2.05) is 0 Å². The topological polar surface area (TPSA) is 16.1 Å². The summed E-state index contributed by atoms with van der Waals surface area (Å²) in [5.74, 6) is 0.673. The molecule has 1 aliphatic heterocycles. The first-order chi connectivity index (χ1) is 6.27. The summed E-state index contributed by atoms with van der Waals surface area (Å²) in [5.41, 5.74) is 0. The Balaban J connectivity index is 2.29. The summed E-state index contributed by atoms with van der Waals surface area (Å²) in [6.45, 7) is 2.10. The van der Waals surface area contributed by atoms with E-state index in [9.17, 15) is 4.39 Å². The van der Waals surface area contributed by atoms with Crippen molar-refractivity contribution in [2.75, 3.05) is 18.0 Å². The van der Waals surface area contributed by atoms with Crippen LogP contribution >= 0.6 is 22.6 Å². The zero-order chi connectivity index (χ0) is 9.26. The number of aromatic nitrogens is 1. The van der Waals surface area contributed by atoms with Gasteiger partial charge in [0.05, 0.1) is 9.77 Å².